The third-order valence-corrected chi connectivity index (χ3v) is 3.14. The number of ether oxygens (including phenoxy) is 2. The number of aromatic nitrogens is 2. The molecule has 0 saturated carbocycles. The molecule has 0 fully saturated rings. The van der Waals surface area contributed by atoms with Crippen LogP contribution in [0.5, 0.6) is 5.75 Å². The number of hydrogen-bond acceptors (Lipinski definition) is 5. The topological polar surface area (TPSA) is 78.9 Å². The highest BCUT2D eigenvalue weighted by Gasteiger charge is 2.09. The van der Waals surface area contributed by atoms with Crippen LogP contribution in [-0.4, -0.2) is 28.2 Å². The summed E-state index contributed by atoms with van der Waals surface area (Å²) in [5.41, 5.74) is 2.31. The van der Waals surface area contributed by atoms with E-state index in [-0.39, 0.29) is 12.5 Å². The molecule has 3 rings (SSSR count). The molecule has 1 aromatic carbocycles. The molecule has 0 amide bonds. The van der Waals surface area contributed by atoms with Crippen LogP contribution in [0.4, 0.5) is 5.69 Å². The molecule has 0 unspecified atom stereocenters. The van der Waals surface area contributed by atoms with Crippen LogP contribution in [0.25, 0.3) is 16.9 Å². The van der Waals surface area contributed by atoms with E-state index in [1.165, 1.54) is 12.3 Å². The van der Waals surface area contributed by atoms with Crippen LogP contribution >= 0.6 is 0 Å². The first kappa shape index (κ1) is 14.0. The van der Waals surface area contributed by atoms with Gasteiger partial charge in [-0.05, 0) is 30.3 Å². The van der Waals surface area contributed by atoms with E-state index >= 15 is 0 Å². The van der Waals surface area contributed by atoms with Gasteiger partial charge in [0.1, 0.15) is 11.4 Å². The molecule has 2 aromatic heterocycles. The van der Waals surface area contributed by atoms with Crippen molar-refractivity contribution in [3.05, 3.63) is 58.9 Å². The summed E-state index contributed by atoms with van der Waals surface area (Å²) in [7, 11) is 1.56. The van der Waals surface area contributed by atoms with Crippen molar-refractivity contribution >= 4 is 11.3 Å². The fourth-order valence-electron chi connectivity index (χ4n) is 2.08. The molecular formula is C15H13N3O4. The molecule has 0 aliphatic heterocycles. The zero-order valence-corrected chi connectivity index (χ0v) is 11.8. The Kier molecular flexibility index (Phi) is 3.71. The van der Waals surface area contributed by atoms with Gasteiger partial charge in [-0.25, -0.2) is 4.98 Å². The Morgan fingerprint density at radius 1 is 1.18 bits per heavy atom. The fourth-order valence-corrected chi connectivity index (χ4v) is 2.08. The molecule has 2 heterocycles. The minimum Gasteiger partial charge on any atom is -0.468 e. The quantitative estimate of drug-likeness (QED) is 0.411. The van der Waals surface area contributed by atoms with Gasteiger partial charge in [-0.1, -0.05) is 0 Å². The van der Waals surface area contributed by atoms with Crippen LogP contribution < -0.4 is 4.74 Å². The number of fused-ring (bicyclic) bond motifs is 1. The summed E-state index contributed by atoms with van der Waals surface area (Å²) in [4.78, 5) is 14.8. The van der Waals surface area contributed by atoms with E-state index < -0.39 is 4.92 Å². The van der Waals surface area contributed by atoms with Crippen molar-refractivity contribution in [2.24, 2.45) is 0 Å². The van der Waals surface area contributed by atoms with Gasteiger partial charge >= 0.3 is 0 Å². The molecule has 0 radical (unpaired) electrons. The zero-order valence-electron chi connectivity index (χ0n) is 11.8. The van der Waals surface area contributed by atoms with Gasteiger partial charge in [0.2, 0.25) is 0 Å². The lowest BCUT2D eigenvalue weighted by atomic mass is 10.2. The number of imidazole rings is 1. The largest absolute Gasteiger partial charge is 0.468 e. The molecule has 7 heteroatoms. The smallest absolute Gasteiger partial charge is 0.286 e. The molecule has 0 bridgehead atoms. The van der Waals surface area contributed by atoms with Crippen molar-refractivity contribution in [3.63, 3.8) is 0 Å². The van der Waals surface area contributed by atoms with E-state index in [1.807, 2.05) is 24.3 Å². The third-order valence-electron chi connectivity index (χ3n) is 3.14. The summed E-state index contributed by atoms with van der Waals surface area (Å²) in [6.07, 6.45) is 3.20. The second kappa shape index (κ2) is 5.82. The maximum absolute atomic E-state index is 10.8. The van der Waals surface area contributed by atoms with Crippen molar-refractivity contribution in [2.75, 3.05) is 13.9 Å². The maximum Gasteiger partial charge on any atom is 0.286 e. The average molecular weight is 299 g/mol. The Hall–Kier alpha value is -2.93. The molecule has 22 heavy (non-hydrogen) atoms. The first-order valence-electron chi connectivity index (χ1n) is 6.53. The maximum atomic E-state index is 10.8. The van der Waals surface area contributed by atoms with Crippen molar-refractivity contribution in [1.82, 2.24) is 9.38 Å². The van der Waals surface area contributed by atoms with Gasteiger partial charge in [-0.15, -0.1) is 0 Å². The lowest BCUT2D eigenvalue weighted by Gasteiger charge is -2.04. The normalized spacial score (nSPS) is 10.8. The van der Waals surface area contributed by atoms with Gasteiger partial charge in [-0.2, -0.15) is 0 Å². The summed E-state index contributed by atoms with van der Waals surface area (Å²) in [5.74, 6) is 0.699. The highest BCUT2D eigenvalue weighted by molar-refractivity contribution is 5.63. The van der Waals surface area contributed by atoms with Crippen LogP contribution in [0.3, 0.4) is 0 Å². The first-order chi connectivity index (χ1) is 10.7. The number of hydrogen-bond donors (Lipinski definition) is 0. The van der Waals surface area contributed by atoms with Gasteiger partial charge < -0.3 is 9.47 Å². The van der Waals surface area contributed by atoms with Gasteiger partial charge in [0, 0.05) is 24.9 Å². The molecule has 0 aliphatic carbocycles. The van der Waals surface area contributed by atoms with Crippen molar-refractivity contribution in [2.45, 2.75) is 0 Å². The predicted molar refractivity (Wildman–Crippen MR) is 79.8 cm³/mol. The van der Waals surface area contributed by atoms with E-state index in [0.717, 1.165) is 11.3 Å². The number of pyridine rings is 1. The minimum absolute atomic E-state index is 0.0276. The average Bonchev–Trinajstić information content (AvgIpc) is 2.96. The molecule has 7 nitrogen and oxygen atoms in total. The standard InChI is InChI=1S/C15H13N3O4/c1-21-10-22-13-5-2-11(3-6-13)14-9-17-8-12(18(19)20)4-7-15(17)16-14/h2-9H,10H2,1H3. The number of rotatable bonds is 5. The number of nitrogens with zero attached hydrogens (tertiary/aromatic N) is 3. The summed E-state index contributed by atoms with van der Waals surface area (Å²) in [6.45, 7) is 0.192. The third kappa shape index (κ3) is 2.75. The highest BCUT2D eigenvalue weighted by Crippen LogP contribution is 2.23. The van der Waals surface area contributed by atoms with E-state index in [9.17, 15) is 10.1 Å². The Morgan fingerprint density at radius 2 is 1.95 bits per heavy atom. The first-order valence-corrected chi connectivity index (χ1v) is 6.53. The van der Waals surface area contributed by atoms with Crippen molar-refractivity contribution in [3.8, 4) is 17.0 Å². The van der Waals surface area contributed by atoms with E-state index in [1.54, 1.807) is 23.8 Å². The highest BCUT2D eigenvalue weighted by atomic mass is 16.7. The lowest BCUT2D eigenvalue weighted by Crippen LogP contribution is -1.98. The molecule has 0 spiro atoms. The summed E-state index contributed by atoms with van der Waals surface area (Å²) in [5, 5.41) is 10.8. The molecule has 0 saturated heterocycles. The van der Waals surface area contributed by atoms with E-state index in [0.29, 0.717) is 11.4 Å². The molecule has 0 atom stereocenters. The van der Waals surface area contributed by atoms with Crippen LogP contribution in [0.2, 0.25) is 0 Å². The molecular weight excluding hydrogens is 286 g/mol. The monoisotopic (exact) mass is 299 g/mol. The van der Waals surface area contributed by atoms with Gasteiger partial charge in [0.15, 0.2) is 6.79 Å². The lowest BCUT2D eigenvalue weighted by molar-refractivity contribution is -0.385. The molecule has 0 aliphatic rings. The Morgan fingerprint density at radius 3 is 2.64 bits per heavy atom. The van der Waals surface area contributed by atoms with Crippen LogP contribution in [0.15, 0.2) is 48.8 Å². The zero-order chi connectivity index (χ0) is 15.5. The molecule has 0 N–H and O–H groups in total. The summed E-state index contributed by atoms with van der Waals surface area (Å²) in [6, 6.07) is 10.5. The SMILES string of the molecule is COCOc1ccc(-c2cn3cc([N+](=O)[O-])ccc3n2)cc1. The number of benzene rings is 1. The van der Waals surface area contributed by atoms with Crippen LogP contribution in [-0.2, 0) is 4.74 Å². The number of methoxy groups -OCH3 is 1. The van der Waals surface area contributed by atoms with Crippen LogP contribution in [0, 0.1) is 10.1 Å². The fraction of sp³-hybridized carbons (Fsp3) is 0.133. The number of nitro groups is 1. The van der Waals surface area contributed by atoms with Gasteiger partial charge in [-0.3, -0.25) is 14.5 Å². The summed E-state index contributed by atoms with van der Waals surface area (Å²) >= 11 is 0. The molecule has 112 valence electrons. The predicted octanol–water partition coefficient (Wildman–Crippen LogP) is 2.89. The minimum atomic E-state index is -0.430. The van der Waals surface area contributed by atoms with Gasteiger partial charge in [0.25, 0.3) is 5.69 Å². The van der Waals surface area contributed by atoms with E-state index in [4.69, 9.17) is 9.47 Å². The van der Waals surface area contributed by atoms with Crippen molar-refractivity contribution in [1.29, 1.82) is 0 Å². The van der Waals surface area contributed by atoms with E-state index in [2.05, 4.69) is 4.98 Å². The second-order valence-electron chi connectivity index (χ2n) is 4.61. The van der Waals surface area contributed by atoms with Crippen molar-refractivity contribution < 1.29 is 14.4 Å². The van der Waals surface area contributed by atoms with Gasteiger partial charge in [0.05, 0.1) is 16.8 Å². The summed E-state index contributed by atoms with van der Waals surface area (Å²) < 4.78 is 11.8. The Labute approximate surface area is 125 Å². The molecule has 3 aromatic rings. The Balaban J connectivity index is 1.91. The Bertz CT molecular complexity index is 811. The second-order valence-corrected chi connectivity index (χ2v) is 4.61. The van der Waals surface area contributed by atoms with Crippen LogP contribution in [0.1, 0.15) is 0 Å².